The maximum Gasteiger partial charge on any atom is 0.323 e. The summed E-state index contributed by atoms with van der Waals surface area (Å²) >= 11 is 0. The first kappa shape index (κ1) is 14.0. The Morgan fingerprint density at radius 2 is 2.10 bits per heavy atom. The summed E-state index contributed by atoms with van der Waals surface area (Å²) in [7, 11) is 1.65. The quantitative estimate of drug-likeness (QED) is 0.829. The number of benzene rings is 1. The highest BCUT2D eigenvalue weighted by atomic mass is 16.5. The number of rotatable bonds is 6. The summed E-state index contributed by atoms with van der Waals surface area (Å²) in [6, 6.07) is 7.95. The van der Waals surface area contributed by atoms with E-state index in [1.54, 1.807) is 7.11 Å². The smallest absolute Gasteiger partial charge is 0.323 e. The summed E-state index contributed by atoms with van der Waals surface area (Å²) in [5.74, 6) is 0.453. The second kappa shape index (κ2) is 6.67. The van der Waals surface area contributed by atoms with Gasteiger partial charge in [0.05, 0.1) is 13.2 Å². The molecule has 7 nitrogen and oxygen atoms in total. The Morgan fingerprint density at radius 1 is 1.25 bits per heavy atom. The third-order valence-electron chi connectivity index (χ3n) is 2.40. The van der Waals surface area contributed by atoms with Gasteiger partial charge in [0.25, 0.3) is 0 Å². The molecule has 3 N–H and O–H groups in total. The largest absolute Gasteiger partial charge is 0.464 e. The van der Waals surface area contributed by atoms with Gasteiger partial charge in [0.1, 0.15) is 0 Å². The summed E-state index contributed by atoms with van der Waals surface area (Å²) in [6.45, 7) is 2.85. The molecule has 0 bridgehead atoms. The minimum atomic E-state index is 0.110. The molecule has 0 radical (unpaired) electrons. The van der Waals surface area contributed by atoms with Gasteiger partial charge in [-0.3, -0.25) is 0 Å². The molecule has 0 saturated heterocycles. The molecule has 0 aliphatic carbocycles. The second-order valence-corrected chi connectivity index (χ2v) is 3.99. The number of anilines is 3. The number of ether oxygens (including phenoxy) is 2. The predicted molar refractivity (Wildman–Crippen MR) is 75.8 cm³/mol. The van der Waals surface area contributed by atoms with Crippen LogP contribution in [-0.4, -0.2) is 28.7 Å². The Balaban J connectivity index is 2.18. The molecule has 1 aromatic heterocycles. The van der Waals surface area contributed by atoms with E-state index in [-0.39, 0.29) is 12.0 Å². The monoisotopic (exact) mass is 275 g/mol. The molecule has 2 aromatic rings. The molecule has 106 valence electrons. The van der Waals surface area contributed by atoms with E-state index in [1.807, 2.05) is 31.2 Å². The second-order valence-electron chi connectivity index (χ2n) is 3.99. The number of aromatic nitrogens is 3. The maximum atomic E-state index is 5.62. The zero-order valence-electron chi connectivity index (χ0n) is 11.5. The number of hydrogen-bond acceptors (Lipinski definition) is 7. The highest BCUT2D eigenvalue weighted by molar-refractivity contribution is 5.55. The Hall–Kier alpha value is -2.41. The zero-order valence-corrected chi connectivity index (χ0v) is 11.5. The molecular formula is C13H17N5O2. The normalized spacial score (nSPS) is 10.3. The van der Waals surface area contributed by atoms with Crippen molar-refractivity contribution in [2.45, 2.75) is 13.5 Å². The lowest BCUT2D eigenvalue weighted by Crippen LogP contribution is -2.06. The molecule has 0 spiro atoms. The van der Waals surface area contributed by atoms with E-state index in [4.69, 9.17) is 15.2 Å². The van der Waals surface area contributed by atoms with Crippen LogP contribution < -0.4 is 15.8 Å². The van der Waals surface area contributed by atoms with E-state index in [2.05, 4.69) is 20.3 Å². The average molecular weight is 275 g/mol. The van der Waals surface area contributed by atoms with Crippen LogP contribution in [0, 0.1) is 0 Å². The van der Waals surface area contributed by atoms with Gasteiger partial charge in [-0.15, -0.1) is 0 Å². The van der Waals surface area contributed by atoms with Crippen LogP contribution in [0.25, 0.3) is 0 Å². The molecule has 0 unspecified atom stereocenters. The van der Waals surface area contributed by atoms with Gasteiger partial charge in [0, 0.05) is 12.8 Å². The minimum Gasteiger partial charge on any atom is -0.464 e. The molecule has 0 saturated carbocycles. The van der Waals surface area contributed by atoms with Crippen LogP contribution in [-0.2, 0) is 11.3 Å². The first-order valence-electron chi connectivity index (χ1n) is 6.20. The van der Waals surface area contributed by atoms with Gasteiger partial charge in [-0.05, 0) is 24.6 Å². The molecule has 0 amide bonds. The van der Waals surface area contributed by atoms with Gasteiger partial charge in [-0.2, -0.15) is 15.0 Å². The van der Waals surface area contributed by atoms with Crippen molar-refractivity contribution in [3.05, 3.63) is 29.8 Å². The standard InChI is InChI=1S/C13H17N5O2/c1-3-20-13-17-11(14)16-12(18-13)15-10-6-4-5-9(7-10)8-19-2/h4-7H,3,8H2,1-2H3,(H3,14,15,16,17,18). The molecule has 0 aliphatic heterocycles. The first-order chi connectivity index (χ1) is 9.71. The fraction of sp³-hybridized carbons (Fsp3) is 0.308. The van der Waals surface area contributed by atoms with Crippen molar-refractivity contribution in [1.82, 2.24) is 15.0 Å². The van der Waals surface area contributed by atoms with Crippen LogP contribution in [0.1, 0.15) is 12.5 Å². The average Bonchev–Trinajstić information content (AvgIpc) is 2.39. The molecule has 0 aliphatic rings. The number of methoxy groups -OCH3 is 1. The van der Waals surface area contributed by atoms with Crippen molar-refractivity contribution < 1.29 is 9.47 Å². The van der Waals surface area contributed by atoms with E-state index in [0.29, 0.717) is 19.2 Å². The van der Waals surface area contributed by atoms with E-state index < -0.39 is 0 Å². The number of hydrogen-bond donors (Lipinski definition) is 2. The minimum absolute atomic E-state index is 0.110. The Labute approximate surface area is 117 Å². The number of nitrogens with zero attached hydrogens (tertiary/aromatic N) is 3. The summed E-state index contributed by atoms with van der Waals surface area (Å²) in [5, 5.41) is 3.06. The van der Waals surface area contributed by atoms with Crippen LogP contribution in [0.15, 0.2) is 24.3 Å². The first-order valence-corrected chi connectivity index (χ1v) is 6.20. The lowest BCUT2D eigenvalue weighted by molar-refractivity contribution is 0.185. The van der Waals surface area contributed by atoms with Gasteiger partial charge < -0.3 is 20.5 Å². The molecular weight excluding hydrogens is 258 g/mol. The number of nitrogen functional groups attached to an aromatic ring is 1. The Bertz CT molecular complexity index is 576. The molecule has 20 heavy (non-hydrogen) atoms. The van der Waals surface area contributed by atoms with Gasteiger partial charge >= 0.3 is 6.01 Å². The van der Waals surface area contributed by atoms with Crippen LogP contribution in [0.2, 0.25) is 0 Å². The SMILES string of the molecule is CCOc1nc(N)nc(Nc2cccc(COC)c2)n1. The van der Waals surface area contributed by atoms with E-state index >= 15 is 0 Å². The summed E-state index contributed by atoms with van der Waals surface area (Å²) in [6.07, 6.45) is 0. The Morgan fingerprint density at radius 3 is 2.85 bits per heavy atom. The molecule has 0 atom stereocenters. The van der Waals surface area contributed by atoms with Crippen LogP contribution in [0.4, 0.5) is 17.6 Å². The Kier molecular flexibility index (Phi) is 4.67. The van der Waals surface area contributed by atoms with Gasteiger partial charge in [0.2, 0.25) is 11.9 Å². The highest BCUT2D eigenvalue weighted by Crippen LogP contribution is 2.17. The van der Waals surface area contributed by atoms with Crippen molar-refractivity contribution in [1.29, 1.82) is 0 Å². The maximum absolute atomic E-state index is 5.62. The molecule has 1 aromatic carbocycles. The van der Waals surface area contributed by atoms with Crippen molar-refractivity contribution in [3.8, 4) is 6.01 Å². The molecule has 2 rings (SSSR count). The van der Waals surface area contributed by atoms with Gasteiger partial charge in [0.15, 0.2) is 0 Å². The third kappa shape index (κ3) is 3.79. The van der Waals surface area contributed by atoms with Crippen molar-refractivity contribution in [3.63, 3.8) is 0 Å². The predicted octanol–water partition coefficient (Wildman–Crippen LogP) is 1.74. The summed E-state index contributed by atoms with van der Waals surface area (Å²) in [4.78, 5) is 12.0. The highest BCUT2D eigenvalue weighted by Gasteiger charge is 2.05. The lowest BCUT2D eigenvalue weighted by atomic mass is 10.2. The van der Waals surface area contributed by atoms with Crippen LogP contribution >= 0.6 is 0 Å². The number of nitrogens with one attached hydrogen (secondary N) is 1. The van der Waals surface area contributed by atoms with Crippen molar-refractivity contribution in [2.75, 3.05) is 24.8 Å². The van der Waals surface area contributed by atoms with Crippen molar-refractivity contribution >= 4 is 17.6 Å². The van der Waals surface area contributed by atoms with Crippen molar-refractivity contribution in [2.24, 2.45) is 0 Å². The van der Waals surface area contributed by atoms with Gasteiger partial charge in [-0.1, -0.05) is 12.1 Å². The van der Waals surface area contributed by atoms with E-state index in [9.17, 15) is 0 Å². The topological polar surface area (TPSA) is 95.2 Å². The summed E-state index contributed by atoms with van der Waals surface area (Å²) in [5.41, 5.74) is 7.50. The molecule has 7 heteroatoms. The molecule has 0 fully saturated rings. The van der Waals surface area contributed by atoms with Crippen LogP contribution in [0.5, 0.6) is 6.01 Å². The molecule has 1 heterocycles. The fourth-order valence-corrected chi connectivity index (χ4v) is 1.66. The number of nitrogens with two attached hydrogens (primary N) is 1. The van der Waals surface area contributed by atoms with E-state index in [0.717, 1.165) is 11.3 Å². The third-order valence-corrected chi connectivity index (χ3v) is 2.40. The fourth-order valence-electron chi connectivity index (χ4n) is 1.66. The summed E-state index contributed by atoms with van der Waals surface area (Å²) < 4.78 is 10.3. The van der Waals surface area contributed by atoms with Gasteiger partial charge in [-0.25, -0.2) is 0 Å². The van der Waals surface area contributed by atoms with Crippen LogP contribution in [0.3, 0.4) is 0 Å². The lowest BCUT2D eigenvalue weighted by Gasteiger charge is -2.08. The zero-order chi connectivity index (χ0) is 14.4. The van der Waals surface area contributed by atoms with E-state index in [1.165, 1.54) is 0 Å².